The third-order valence-electron chi connectivity index (χ3n) is 5.17. The zero-order valence-corrected chi connectivity index (χ0v) is 12.6. The van der Waals surface area contributed by atoms with Crippen molar-refractivity contribution < 1.29 is 4.79 Å². The molecule has 2 rings (SSSR count). The molecule has 1 amide bonds. The number of rotatable bonds is 2. The zero-order chi connectivity index (χ0) is 14.0. The molecule has 1 saturated carbocycles. The van der Waals surface area contributed by atoms with Crippen LogP contribution in [0.5, 0.6) is 0 Å². The Bertz CT molecular complexity index is 321. The molecule has 0 radical (unpaired) electrons. The van der Waals surface area contributed by atoms with E-state index in [-0.39, 0.29) is 12.0 Å². The Labute approximate surface area is 117 Å². The fourth-order valence-corrected chi connectivity index (χ4v) is 3.55. The molecule has 0 aromatic carbocycles. The van der Waals surface area contributed by atoms with Gasteiger partial charge in [-0.1, -0.05) is 20.3 Å². The zero-order valence-electron chi connectivity index (χ0n) is 12.6. The maximum Gasteiger partial charge on any atom is 0.227 e. The van der Waals surface area contributed by atoms with Gasteiger partial charge < -0.3 is 10.6 Å². The van der Waals surface area contributed by atoms with Crippen molar-refractivity contribution in [3.05, 3.63) is 0 Å². The van der Waals surface area contributed by atoms with Gasteiger partial charge in [-0.05, 0) is 32.2 Å². The topological polar surface area (TPSA) is 49.6 Å². The van der Waals surface area contributed by atoms with Crippen LogP contribution < -0.4 is 5.73 Å². The van der Waals surface area contributed by atoms with Gasteiger partial charge in [0.1, 0.15) is 0 Å². The highest BCUT2D eigenvalue weighted by molar-refractivity contribution is 5.80. The lowest BCUT2D eigenvalue weighted by Gasteiger charge is -2.42. The molecule has 0 spiro atoms. The van der Waals surface area contributed by atoms with Gasteiger partial charge in [0, 0.05) is 31.7 Å². The van der Waals surface area contributed by atoms with Crippen molar-refractivity contribution >= 4 is 5.91 Å². The Morgan fingerprint density at radius 2 is 2.05 bits per heavy atom. The predicted octanol–water partition coefficient (Wildman–Crippen LogP) is 1.30. The molecular weight excluding hydrogens is 238 g/mol. The van der Waals surface area contributed by atoms with Crippen LogP contribution >= 0.6 is 0 Å². The van der Waals surface area contributed by atoms with Gasteiger partial charge in [0.15, 0.2) is 0 Å². The summed E-state index contributed by atoms with van der Waals surface area (Å²) in [6.07, 6.45) is 4.41. The van der Waals surface area contributed by atoms with Crippen molar-refractivity contribution in [2.24, 2.45) is 17.6 Å². The molecule has 0 aromatic rings. The van der Waals surface area contributed by atoms with Crippen LogP contribution in [0.25, 0.3) is 0 Å². The van der Waals surface area contributed by atoms with Crippen LogP contribution in [0.3, 0.4) is 0 Å². The number of hydrogen-bond donors (Lipinski definition) is 1. The quantitative estimate of drug-likeness (QED) is 0.820. The molecular formula is C15H29N3O. The van der Waals surface area contributed by atoms with E-state index in [1.54, 1.807) is 0 Å². The molecule has 1 aliphatic heterocycles. The molecule has 2 N–H and O–H groups in total. The maximum atomic E-state index is 12.7. The summed E-state index contributed by atoms with van der Waals surface area (Å²) in [5, 5.41) is 0. The summed E-state index contributed by atoms with van der Waals surface area (Å²) >= 11 is 0. The highest BCUT2D eigenvalue weighted by Gasteiger charge is 2.37. The summed E-state index contributed by atoms with van der Waals surface area (Å²) in [5.74, 6) is 0.854. The van der Waals surface area contributed by atoms with E-state index in [0.717, 1.165) is 38.9 Å². The minimum absolute atomic E-state index is 0.0565. The molecule has 1 aliphatic carbocycles. The molecule has 4 heteroatoms. The monoisotopic (exact) mass is 267 g/mol. The van der Waals surface area contributed by atoms with E-state index in [1.807, 2.05) is 0 Å². The van der Waals surface area contributed by atoms with E-state index in [4.69, 9.17) is 5.73 Å². The van der Waals surface area contributed by atoms with Crippen LogP contribution in [0.2, 0.25) is 0 Å². The smallest absolute Gasteiger partial charge is 0.227 e. The lowest BCUT2D eigenvalue weighted by atomic mass is 9.77. The highest BCUT2D eigenvalue weighted by atomic mass is 16.2. The van der Waals surface area contributed by atoms with E-state index >= 15 is 0 Å². The van der Waals surface area contributed by atoms with Gasteiger partial charge in [0.2, 0.25) is 5.91 Å². The number of nitrogens with two attached hydrogens (primary N) is 1. The molecule has 2 fully saturated rings. The van der Waals surface area contributed by atoms with Gasteiger partial charge in [-0.2, -0.15) is 0 Å². The number of hydrogen-bond acceptors (Lipinski definition) is 3. The van der Waals surface area contributed by atoms with Crippen molar-refractivity contribution in [1.29, 1.82) is 0 Å². The van der Waals surface area contributed by atoms with Gasteiger partial charge in [0.05, 0.1) is 5.92 Å². The molecule has 0 bridgehead atoms. The average Bonchev–Trinajstić information content (AvgIpc) is 2.41. The van der Waals surface area contributed by atoms with Crippen LogP contribution in [0, 0.1) is 11.8 Å². The van der Waals surface area contributed by atoms with Gasteiger partial charge in [-0.3, -0.25) is 9.69 Å². The minimum atomic E-state index is 0.0565. The molecule has 0 aromatic heterocycles. The molecule has 2 aliphatic rings. The first-order valence-corrected chi connectivity index (χ1v) is 7.79. The Morgan fingerprint density at radius 1 is 1.32 bits per heavy atom. The van der Waals surface area contributed by atoms with Crippen molar-refractivity contribution in [1.82, 2.24) is 9.80 Å². The minimum Gasteiger partial charge on any atom is -0.340 e. The Morgan fingerprint density at radius 3 is 2.74 bits per heavy atom. The van der Waals surface area contributed by atoms with Crippen LogP contribution in [-0.2, 0) is 4.79 Å². The van der Waals surface area contributed by atoms with Crippen molar-refractivity contribution in [3.63, 3.8) is 0 Å². The second-order valence-corrected chi connectivity index (χ2v) is 6.42. The predicted molar refractivity (Wildman–Crippen MR) is 77.8 cm³/mol. The van der Waals surface area contributed by atoms with Gasteiger partial charge in [0.25, 0.3) is 0 Å². The van der Waals surface area contributed by atoms with Crippen LogP contribution in [0.4, 0.5) is 0 Å². The second-order valence-electron chi connectivity index (χ2n) is 6.42. The lowest BCUT2D eigenvalue weighted by molar-refractivity contribution is -0.140. The second kappa shape index (κ2) is 6.23. The van der Waals surface area contributed by atoms with Crippen molar-refractivity contribution in [3.8, 4) is 0 Å². The standard InChI is InChI=1S/C15H29N3O/c1-4-12-10-18(9-8-17(12)3)15(19)13-7-5-6-11(2)14(13)16/h11-14H,4-10,16H2,1-3H3. The number of piperazine rings is 1. The fraction of sp³-hybridized carbons (Fsp3) is 0.933. The van der Waals surface area contributed by atoms with E-state index in [9.17, 15) is 4.79 Å². The lowest BCUT2D eigenvalue weighted by Crippen LogP contribution is -2.57. The van der Waals surface area contributed by atoms with Gasteiger partial charge >= 0.3 is 0 Å². The van der Waals surface area contributed by atoms with E-state index in [2.05, 4.69) is 30.7 Å². The largest absolute Gasteiger partial charge is 0.340 e. The third-order valence-corrected chi connectivity index (χ3v) is 5.17. The summed E-state index contributed by atoms with van der Waals surface area (Å²) in [6, 6.07) is 0.566. The number of amides is 1. The van der Waals surface area contributed by atoms with Crippen LogP contribution in [0.1, 0.15) is 39.5 Å². The Hall–Kier alpha value is -0.610. The first kappa shape index (κ1) is 14.8. The normalized spacial score (nSPS) is 37.4. The molecule has 4 nitrogen and oxygen atoms in total. The molecule has 4 unspecified atom stereocenters. The molecule has 4 atom stereocenters. The Kier molecular flexibility index (Phi) is 4.85. The molecule has 19 heavy (non-hydrogen) atoms. The average molecular weight is 267 g/mol. The highest BCUT2D eigenvalue weighted by Crippen LogP contribution is 2.29. The summed E-state index contributed by atoms with van der Waals surface area (Å²) in [6.45, 7) is 7.11. The number of likely N-dealkylation sites (N-methyl/N-ethyl adjacent to an activating group) is 1. The van der Waals surface area contributed by atoms with Crippen molar-refractivity contribution in [2.75, 3.05) is 26.7 Å². The van der Waals surface area contributed by atoms with Crippen molar-refractivity contribution in [2.45, 2.75) is 51.6 Å². The molecule has 110 valence electrons. The van der Waals surface area contributed by atoms with Gasteiger partial charge in [-0.25, -0.2) is 0 Å². The maximum absolute atomic E-state index is 12.7. The Balaban J connectivity index is 1.99. The van der Waals surface area contributed by atoms with E-state index in [0.29, 0.717) is 17.9 Å². The number of carbonyl (C=O) groups excluding carboxylic acids is 1. The first-order valence-electron chi connectivity index (χ1n) is 7.79. The van der Waals surface area contributed by atoms with Gasteiger partial charge in [-0.15, -0.1) is 0 Å². The summed E-state index contributed by atoms with van der Waals surface area (Å²) in [4.78, 5) is 17.1. The third kappa shape index (κ3) is 3.11. The summed E-state index contributed by atoms with van der Waals surface area (Å²) in [5.41, 5.74) is 6.27. The van der Waals surface area contributed by atoms with Crippen LogP contribution in [0.15, 0.2) is 0 Å². The first-order chi connectivity index (χ1) is 9.04. The molecule has 1 saturated heterocycles. The molecule has 1 heterocycles. The summed E-state index contributed by atoms with van der Waals surface area (Å²) in [7, 11) is 2.16. The fourth-order valence-electron chi connectivity index (χ4n) is 3.55. The van der Waals surface area contributed by atoms with E-state index in [1.165, 1.54) is 6.42 Å². The SMILES string of the molecule is CCC1CN(C(=O)C2CCCC(C)C2N)CCN1C. The number of carbonyl (C=O) groups is 1. The van der Waals surface area contributed by atoms with E-state index < -0.39 is 0 Å². The number of nitrogens with zero attached hydrogens (tertiary/aromatic N) is 2. The van der Waals surface area contributed by atoms with Crippen LogP contribution in [-0.4, -0.2) is 54.5 Å². The summed E-state index contributed by atoms with van der Waals surface area (Å²) < 4.78 is 0.